The zero-order valence-corrected chi connectivity index (χ0v) is 18.6. The molecule has 4 aliphatic rings. The molecule has 1 aromatic heterocycles. The Labute approximate surface area is 195 Å². The van der Waals surface area contributed by atoms with Crippen LogP contribution in [0, 0.1) is 0 Å². The second kappa shape index (κ2) is 8.62. The van der Waals surface area contributed by atoms with Crippen LogP contribution in [0.2, 0.25) is 0 Å². The number of benzene rings is 1. The quantitative estimate of drug-likeness (QED) is 0.579. The molecular formula is C24H26N7O3+. The minimum atomic E-state index is -0.464. The van der Waals surface area contributed by atoms with E-state index in [2.05, 4.69) is 44.1 Å². The zero-order chi connectivity index (χ0) is 23.1. The summed E-state index contributed by atoms with van der Waals surface area (Å²) >= 11 is 0. The number of aromatic amines is 2. The van der Waals surface area contributed by atoms with Crippen LogP contribution >= 0.6 is 0 Å². The van der Waals surface area contributed by atoms with Crippen LogP contribution in [0.25, 0.3) is 6.08 Å². The molecule has 1 aliphatic carbocycles. The van der Waals surface area contributed by atoms with Crippen LogP contribution < -0.4 is 5.69 Å². The van der Waals surface area contributed by atoms with E-state index in [1.165, 1.54) is 5.56 Å². The molecule has 1 unspecified atom stereocenters. The van der Waals surface area contributed by atoms with Crippen molar-refractivity contribution in [3.63, 3.8) is 0 Å². The Bertz CT molecular complexity index is 1320. The number of imidazole rings is 1. The first-order valence-corrected chi connectivity index (χ1v) is 11.6. The Balaban J connectivity index is 1.35. The van der Waals surface area contributed by atoms with Crippen LogP contribution in [0.3, 0.4) is 0 Å². The maximum atomic E-state index is 11.6. The summed E-state index contributed by atoms with van der Waals surface area (Å²) in [7, 11) is 0. The van der Waals surface area contributed by atoms with Gasteiger partial charge < -0.3 is 14.8 Å². The summed E-state index contributed by atoms with van der Waals surface area (Å²) < 4.78 is 7.46. The minimum absolute atomic E-state index is 0.206. The molecule has 3 aliphatic heterocycles. The number of nitrogens with one attached hydrogen (secondary N) is 2. The fraction of sp³-hybridized carbons (Fsp3) is 0.375. The number of amidine groups is 1. The molecular weight excluding hydrogens is 434 g/mol. The number of nitrogens with zero attached hydrogens (tertiary/aromatic N) is 5. The maximum Gasteiger partial charge on any atom is 0.326 e. The minimum Gasteiger partial charge on any atom is -0.493 e. The Kier molecular flexibility index (Phi) is 5.31. The molecule has 4 heterocycles. The second-order valence-corrected chi connectivity index (χ2v) is 8.90. The second-order valence-electron chi connectivity index (χ2n) is 8.90. The third-order valence-corrected chi connectivity index (χ3v) is 6.26. The van der Waals surface area contributed by atoms with Crippen molar-refractivity contribution in [1.82, 2.24) is 14.9 Å². The van der Waals surface area contributed by atoms with Gasteiger partial charge in [0.25, 0.3) is 0 Å². The predicted molar refractivity (Wildman–Crippen MR) is 129 cm³/mol. The van der Waals surface area contributed by atoms with Gasteiger partial charge in [-0.15, -0.1) is 0 Å². The molecule has 3 N–H and O–H groups in total. The van der Waals surface area contributed by atoms with Crippen molar-refractivity contribution >= 4 is 30.1 Å². The Hall–Kier alpha value is -3.63. The van der Waals surface area contributed by atoms with Crippen LogP contribution in [0.15, 0.2) is 49.7 Å². The molecule has 0 amide bonds. The average molecular weight is 461 g/mol. The van der Waals surface area contributed by atoms with Gasteiger partial charge in [-0.3, -0.25) is 14.9 Å². The Morgan fingerprint density at radius 1 is 1.26 bits per heavy atom. The molecule has 1 atom stereocenters. The molecule has 6 rings (SSSR count). The SMILES string of the molecule is O=c1[nH]c(O)c(C=C2C=NC3C(=NC4CC4)N=C(c4cccc(CN5CCOCC5)c4)C=[N+]23)[nH]1. The lowest BCUT2D eigenvalue weighted by Gasteiger charge is -2.26. The molecule has 34 heavy (non-hydrogen) atoms. The topological polar surface area (TPSA) is 121 Å². The monoisotopic (exact) mass is 460 g/mol. The average Bonchev–Trinajstić information content (AvgIpc) is 3.48. The number of hydrogen-bond acceptors (Lipinski definition) is 6. The molecule has 10 nitrogen and oxygen atoms in total. The number of morpholine rings is 1. The van der Waals surface area contributed by atoms with Gasteiger partial charge >= 0.3 is 11.9 Å². The van der Waals surface area contributed by atoms with Crippen LogP contribution in [-0.4, -0.2) is 87.0 Å². The first-order chi connectivity index (χ1) is 16.6. The molecule has 2 fully saturated rings. The van der Waals surface area contributed by atoms with Gasteiger partial charge in [-0.1, -0.05) is 18.2 Å². The van der Waals surface area contributed by atoms with Crippen molar-refractivity contribution in [2.75, 3.05) is 26.3 Å². The summed E-state index contributed by atoms with van der Waals surface area (Å²) in [5.74, 6) is 0.480. The van der Waals surface area contributed by atoms with E-state index in [0.717, 1.165) is 62.7 Å². The number of aromatic nitrogens is 2. The molecule has 0 radical (unpaired) electrons. The van der Waals surface area contributed by atoms with Crippen LogP contribution in [0.1, 0.15) is 29.7 Å². The van der Waals surface area contributed by atoms with Crippen LogP contribution in [-0.2, 0) is 11.3 Å². The van der Waals surface area contributed by atoms with Gasteiger partial charge in [0.1, 0.15) is 17.6 Å². The lowest BCUT2D eigenvalue weighted by atomic mass is 10.1. The highest BCUT2D eigenvalue weighted by molar-refractivity contribution is 6.40. The summed E-state index contributed by atoms with van der Waals surface area (Å²) in [5, 5.41) is 10.00. The lowest BCUT2D eigenvalue weighted by molar-refractivity contribution is -0.474. The van der Waals surface area contributed by atoms with Crippen molar-refractivity contribution in [2.45, 2.75) is 31.6 Å². The highest BCUT2D eigenvalue weighted by atomic mass is 16.5. The van der Waals surface area contributed by atoms with E-state index >= 15 is 0 Å². The number of aliphatic imine (C=N–C) groups is 3. The van der Waals surface area contributed by atoms with Gasteiger partial charge in [-0.25, -0.2) is 14.8 Å². The van der Waals surface area contributed by atoms with E-state index in [-0.39, 0.29) is 12.0 Å². The molecule has 0 bridgehead atoms. The summed E-state index contributed by atoms with van der Waals surface area (Å²) in [6, 6.07) is 8.74. The molecule has 1 saturated carbocycles. The van der Waals surface area contributed by atoms with Crippen molar-refractivity contribution in [2.24, 2.45) is 15.0 Å². The number of hydrogen-bond donors (Lipinski definition) is 3. The van der Waals surface area contributed by atoms with E-state index in [1.54, 1.807) is 12.3 Å². The summed E-state index contributed by atoms with van der Waals surface area (Å²) in [6.07, 6.45) is 7.18. The highest BCUT2D eigenvalue weighted by Gasteiger charge is 2.39. The fourth-order valence-corrected chi connectivity index (χ4v) is 4.33. The van der Waals surface area contributed by atoms with E-state index in [9.17, 15) is 9.90 Å². The first-order valence-electron chi connectivity index (χ1n) is 11.6. The zero-order valence-electron chi connectivity index (χ0n) is 18.6. The summed E-state index contributed by atoms with van der Waals surface area (Å²) in [4.78, 5) is 33.2. The predicted octanol–water partition coefficient (Wildman–Crippen LogP) is 1.14. The van der Waals surface area contributed by atoms with E-state index in [1.807, 2.05) is 10.8 Å². The smallest absolute Gasteiger partial charge is 0.326 e. The summed E-state index contributed by atoms with van der Waals surface area (Å²) in [6.45, 7) is 4.28. The van der Waals surface area contributed by atoms with Gasteiger partial charge in [-0.05, 0) is 24.5 Å². The standard InChI is InChI=1S/C24H25N7O3/c32-23-19(28-24(33)29-23)11-18-12-25-22-21(26-17-4-5-17)27-20(14-31(18)22)16-3-1-2-15(10-16)13-30-6-8-34-9-7-30/h1-3,10-12,14,17,22H,4-9,13H2,(H2,26,27,29,32,33)/p+1. The Morgan fingerprint density at radius 3 is 2.88 bits per heavy atom. The normalized spacial score (nSPS) is 25.0. The molecule has 2 aromatic rings. The van der Waals surface area contributed by atoms with Gasteiger partial charge in [0.15, 0.2) is 6.21 Å². The third-order valence-electron chi connectivity index (χ3n) is 6.26. The number of ether oxygens (including phenoxy) is 1. The van der Waals surface area contributed by atoms with Gasteiger partial charge in [0, 0.05) is 31.3 Å². The fourth-order valence-electron chi connectivity index (χ4n) is 4.33. The van der Waals surface area contributed by atoms with Gasteiger partial charge in [0.2, 0.25) is 17.4 Å². The maximum absolute atomic E-state index is 11.6. The summed E-state index contributed by atoms with van der Waals surface area (Å²) in [5.41, 5.74) is 3.61. The number of allylic oxidation sites excluding steroid dienone is 1. The first kappa shape index (κ1) is 20.9. The molecule has 0 spiro atoms. The molecule has 1 aromatic carbocycles. The third kappa shape index (κ3) is 4.29. The van der Waals surface area contributed by atoms with E-state index < -0.39 is 5.69 Å². The van der Waals surface area contributed by atoms with Gasteiger partial charge in [-0.2, -0.15) is 4.58 Å². The Morgan fingerprint density at radius 2 is 2.12 bits per heavy atom. The lowest BCUT2D eigenvalue weighted by Crippen LogP contribution is -2.36. The van der Waals surface area contributed by atoms with Crippen LogP contribution in [0.5, 0.6) is 5.88 Å². The van der Waals surface area contributed by atoms with E-state index in [0.29, 0.717) is 17.6 Å². The highest BCUT2D eigenvalue weighted by Crippen LogP contribution is 2.27. The molecule has 10 heteroatoms. The largest absolute Gasteiger partial charge is 0.493 e. The van der Waals surface area contributed by atoms with Crippen molar-refractivity contribution in [3.05, 3.63) is 57.3 Å². The van der Waals surface area contributed by atoms with Crippen LogP contribution in [0.4, 0.5) is 0 Å². The van der Waals surface area contributed by atoms with Crippen molar-refractivity contribution in [3.8, 4) is 5.88 Å². The number of aromatic hydroxyl groups is 1. The number of H-pyrrole nitrogens is 2. The number of rotatable bonds is 5. The molecule has 1 saturated heterocycles. The van der Waals surface area contributed by atoms with E-state index in [4.69, 9.17) is 14.7 Å². The van der Waals surface area contributed by atoms with Crippen molar-refractivity contribution in [1.29, 1.82) is 0 Å². The van der Waals surface area contributed by atoms with Crippen molar-refractivity contribution < 1.29 is 14.4 Å². The number of fused-ring (bicyclic) bond motifs is 1. The van der Waals surface area contributed by atoms with Gasteiger partial charge in [0.05, 0.1) is 19.3 Å². The molecule has 174 valence electrons.